The zero-order chi connectivity index (χ0) is 18.2. The van der Waals surface area contributed by atoms with Crippen LogP contribution in [0.4, 0.5) is 5.82 Å². The second kappa shape index (κ2) is 9.16. The van der Waals surface area contributed by atoms with E-state index in [2.05, 4.69) is 41.6 Å². The van der Waals surface area contributed by atoms with Crippen LogP contribution in [0.1, 0.15) is 31.5 Å². The first-order valence-corrected chi connectivity index (χ1v) is 8.66. The number of aromatic nitrogens is 3. The molecule has 0 radical (unpaired) electrons. The Morgan fingerprint density at radius 3 is 2.88 bits per heavy atom. The highest BCUT2D eigenvalue weighted by molar-refractivity contribution is 9.10. The van der Waals surface area contributed by atoms with Gasteiger partial charge in [-0.15, -0.1) is 0 Å². The van der Waals surface area contributed by atoms with Crippen LogP contribution in [0.2, 0.25) is 0 Å². The molecule has 8 nitrogen and oxygen atoms in total. The van der Waals surface area contributed by atoms with Gasteiger partial charge in [0, 0.05) is 0 Å². The number of nitrogens with one attached hydrogen (secondary N) is 2. The van der Waals surface area contributed by atoms with Gasteiger partial charge in [0.15, 0.2) is 17.3 Å². The quantitative estimate of drug-likeness (QED) is 0.513. The first-order chi connectivity index (χ1) is 12.0. The van der Waals surface area contributed by atoms with Crippen molar-refractivity contribution in [2.24, 2.45) is 5.10 Å². The largest absolute Gasteiger partial charge is 0.490 e. The predicted octanol–water partition coefficient (Wildman–Crippen LogP) is 2.87. The maximum Gasteiger partial charge on any atom is 0.363 e. The lowest BCUT2D eigenvalue weighted by molar-refractivity contribution is 0.275. The number of hydrazone groups is 1. The first kappa shape index (κ1) is 18.9. The summed E-state index contributed by atoms with van der Waals surface area (Å²) in [6.07, 6.45) is 2.50. The number of anilines is 1. The number of ether oxygens (including phenoxy) is 2. The number of hydrogen-bond acceptors (Lipinski definition) is 7. The molecule has 0 spiro atoms. The zero-order valence-corrected chi connectivity index (χ0v) is 15.9. The minimum absolute atomic E-state index is 0.298. The van der Waals surface area contributed by atoms with Gasteiger partial charge in [0.05, 0.1) is 23.9 Å². The lowest BCUT2D eigenvalue weighted by Crippen LogP contribution is -2.15. The fourth-order valence-electron chi connectivity index (χ4n) is 1.94. The molecule has 0 fully saturated rings. The molecule has 1 aromatic carbocycles. The smallest absolute Gasteiger partial charge is 0.363 e. The number of halogens is 1. The highest BCUT2D eigenvalue weighted by Crippen LogP contribution is 2.36. The molecule has 2 rings (SSSR count). The highest BCUT2D eigenvalue weighted by atomic mass is 79.9. The lowest BCUT2D eigenvalue weighted by atomic mass is 10.2. The van der Waals surface area contributed by atoms with E-state index in [1.807, 2.05) is 26.0 Å². The number of aromatic amines is 1. The third-order valence-electron chi connectivity index (χ3n) is 3.04. The third-order valence-corrected chi connectivity index (χ3v) is 3.63. The van der Waals surface area contributed by atoms with Gasteiger partial charge in [0.1, 0.15) is 5.69 Å². The van der Waals surface area contributed by atoms with Crippen molar-refractivity contribution in [3.63, 3.8) is 0 Å². The highest BCUT2D eigenvalue weighted by Gasteiger charge is 2.11. The number of nitrogens with zero attached hydrogens (tertiary/aromatic N) is 3. The maximum atomic E-state index is 11.2. The van der Waals surface area contributed by atoms with E-state index in [4.69, 9.17) is 9.47 Å². The van der Waals surface area contributed by atoms with E-state index in [1.54, 1.807) is 13.1 Å². The van der Waals surface area contributed by atoms with Crippen LogP contribution in [0, 0.1) is 6.92 Å². The van der Waals surface area contributed by atoms with Crippen LogP contribution in [-0.4, -0.2) is 34.6 Å². The second-order valence-corrected chi connectivity index (χ2v) is 5.91. The van der Waals surface area contributed by atoms with Gasteiger partial charge in [-0.25, -0.2) is 9.89 Å². The van der Waals surface area contributed by atoms with Gasteiger partial charge in [-0.3, -0.25) is 5.43 Å². The average Bonchev–Trinajstić information content (AvgIpc) is 2.57. The Morgan fingerprint density at radius 2 is 2.16 bits per heavy atom. The molecule has 0 amide bonds. The summed E-state index contributed by atoms with van der Waals surface area (Å²) in [6.45, 7) is 6.79. The van der Waals surface area contributed by atoms with Crippen LogP contribution in [0.15, 0.2) is 26.5 Å². The van der Waals surface area contributed by atoms with Crippen LogP contribution >= 0.6 is 15.9 Å². The molecular formula is C16H20BrN5O3. The van der Waals surface area contributed by atoms with Gasteiger partial charge >= 0.3 is 5.69 Å². The predicted molar refractivity (Wildman–Crippen MR) is 99.7 cm³/mol. The number of rotatable bonds is 8. The Balaban J connectivity index is 2.21. The molecule has 1 heterocycles. The lowest BCUT2D eigenvalue weighted by Gasteiger charge is -2.14. The van der Waals surface area contributed by atoms with Gasteiger partial charge in [-0.2, -0.15) is 15.2 Å². The summed E-state index contributed by atoms with van der Waals surface area (Å²) in [4.78, 5) is 15.0. The van der Waals surface area contributed by atoms with E-state index in [1.165, 1.54) is 0 Å². The van der Waals surface area contributed by atoms with Crippen molar-refractivity contribution < 1.29 is 9.47 Å². The summed E-state index contributed by atoms with van der Waals surface area (Å²) in [5.41, 5.74) is 3.50. The molecule has 0 bridgehead atoms. The molecule has 0 atom stereocenters. The van der Waals surface area contributed by atoms with Crippen molar-refractivity contribution in [1.82, 2.24) is 15.2 Å². The van der Waals surface area contributed by atoms with Gasteiger partial charge in [-0.1, -0.05) is 6.92 Å². The van der Waals surface area contributed by atoms with E-state index in [0.29, 0.717) is 36.2 Å². The normalized spacial score (nSPS) is 10.9. The summed E-state index contributed by atoms with van der Waals surface area (Å²) in [6, 6.07) is 3.70. The Hall–Kier alpha value is -2.42. The summed E-state index contributed by atoms with van der Waals surface area (Å²) in [5.74, 6) is 1.61. The molecule has 2 aromatic rings. The fourth-order valence-corrected chi connectivity index (χ4v) is 2.51. The molecule has 0 aliphatic heterocycles. The van der Waals surface area contributed by atoms with Crippen molar-refractivity contribution >= 4 is 28.0 Å². The molecule has 134 valence electrons. The van der Waals surface area contributed by atoms with Crippen molar-refractivity contribution in [2.45, 2.75) is 27.2 Å². The Labute approximate surface area is 153 Å². The fraction of sp³-hybridized carbons (Fsp3) is 0.375. The summed E-state index contributed by atoms with van der Waals surface area (Å²) in [5, 5.41) is 10.2. The average molecular weight is 410 g/mol. The Morgan fingerprint density at radius 1 is 1.36 bits per heavy atom. The second-order valence-electron chi connectivity index (χ2n) is 5.06. The minimum atomic E-state index is -0.540. The summed E-state index contributed by atoms with van der Waals surface area (Å²) < 4.78 is 12.2. The molecule has 0 saturated heterocycles. The standard InChI is InChI=1S/C16H20BrN5O3/c1-4-6-25-14-12(17)7-11(8-13(14)24-5-2)9-18-21-15-10(3)20-22-16(23)19-15/h7-9H,4-6H2,1-3H3,(H2,19,21,22,23)/b18-9+. The molecule has 2 N–H and O–H groups in total. The van der Waals surface area contributed by atoms with E-state index >= 15 is 0 Å². The zero-order valence-electron chi connectivity index (χ0n) is 14.3. The third kappa shape index (κ3) is 5.28. The molecular weight excluding hydrogens is 390 g/mol. The van der Waals surface area contributed by atoms with Gasteiger partial charge in [0.2, 0.25) is 0 Å². The molecule has 25 heavy (non-hydrogen) atoms. The molecule has 0 aliphatic rings. The molecule has 9 heteroatoms. The van der Waals surface area contributed by atoms with Crippen molar-refractivity contribution in [1.29, 1.82) is 0 Å². The SMILES string of the molecule is CCCOc1c(Br)cc(/C=N/Nc2nc(=O)[nH]nc2C)cc1OCC. The Bertz CT molecular complexity index is 807. The molecule has 0 aliphatic carbocycles. The number of aryl methyl sites for hydroxylation is 1. The number of H-pyrrole nitrogens is 1. The van der Waals surface area contributed by atoms with E-state index in [-0.39, 0.29) is 0 Å². The monoisotopic (exact) mass is 409 g/mol. The topological polar surface area (TPSA) is 101 Å². The van der Waals surface area contributed by atoms with Crippen molar-refractivity contribution in [2.75, 3.05) is 18.6 Å². The number of benzene rings is 1. The van der Waals surface area contributed by atoms with E-state index in [0.717, 1.165) is 16.5 Å². The van der Waals surface area contributed by atoms with Crippen molar-refractivity contribution in [3.8, 4) is 11.5 Å². The molecule has 0 unspecified atom stereocenters. The van der Waals surface area contributed by atoms with E-state index < -0.39 is 5.69 Å². The summed E-state index contributed by atoms with van der Waals surface area (Å²) >= 11 is 3.50. The number of hydrogen-bond donors (Lipinski definition) is 2. The van der Waals surface area contributed by atoms with Crippen LogP contribution in [0.3, 0.4) is 0 Å². The summed E-state index contributed by atoms with van der Waals surface area (Å²) in [7, 11) is 0. The van der Waals surface area contributed by atoms with Crippen LogP contribution in [0.5, 0.6) is 11.5 Å². The Kier molecular flexibility index (Phi) is 6.93. The minimum Gasteiger partial charge on any atom is -0.490 e. The van der Waals surface area contributed by atoms with Crippen LogP contribution in [0.25, 0.3) is 0 Å². The molecule has 0 saturated carbocycles. The maximum absolute atomic E-state index is 11.2. The van der Waals surface area contributed by atoms with Gasteiger partial charge in [-0.05, 0) is 53.9 Å². The van der Waals surface area contributed by atoms with E-state index in [9.17, 15) is 4.79 Å². The van der Waals surface area contributed by atoms with Crippen LogP contribution < -0.4 is 20.6 Å². The first-order valence-electron chi connectivity index (χ1n) is 7.86. The van der Waals surface area contributed by atoms with Gasteiger partial charge in [0.25, 0.3) is 0 Å². The van der Waals surface area contributed by atoms with Gasteiger partial charge < -0.3 is 9.47 Å². The molecule has 1 aromatic heterocycles. The van der Waals surface area contributed by atoms with Crippen LogP contribution in [-0.2, 0) is 0 Å². The van der Waals surface area contributed by atoms with Crippen molar-refractivity contribution in [3.05, 3.63) is 38.3 Å².